The lowest BCUT2D eigenvalue weighted by atomic mass is 10.2. The molecule has 2 aromatic carbocycles. The molecule has 7 heteroatoms. The number of esters is 1. The molecular weight excluding hydrogens is 324 g/mol. The zero-order valence-corrected chi connectivity index (χ0v) is 13.6. The van der Waals surface area contributed by atoms with Gasteiger partial charge in [-0.05, 0) is 37.3 Å². The molecule has 2 aromatic rings. The first-order chi connectivity index (χ1) is 12.1. The average Bonchev–Trinajstić information content (AvgIpc) is 2.61. The van der Waals surface area contributed by atoms with E-state index in [9.17, 15) is 14.7 Å². The van der Waals surface area contributed by atoms with Crippen molar-refractivity contribution in [1.82, 2.24) is 5.43 Å². The van der Waals surface area contributed by atoms with Crippen molar-refractivity contribution in [3.05, 3.63) is 59.7 Å². The summed E-state index contributed by atoms with van der Waals surface area (Å²) in [6.07, 6.45) is 1.40. The van der Waals surface area contributed by atoms with Crippen molar-refractivity contribution in [3.63, 3.8) is 0 Å². The highest BCUT2D eigenvalue weighted by Gasteiger charge is 2.07. The van der Waals surface area contributed by atoms with Crippen LogP contribution in [-0.4, -0.2) is 36.4 Å². The van der Waals surface area contributed by atoms with Crippen molar-refractivity contribution in [1.29, 1.82) is 0 Å². The van der Waals surface area contributed by atoms with Crippen LogP contribution in [0.2, 0.25) is 0 Å². The maximum Gasteiger partial charge on any atom is 0.344 e. The van der Waals surface area contributed by atoms with E-state index >= 15 is 0 Å². The van der Waals surface area contributed by atoms with Crippen LogP contribution >= 0.6 is 0 Å². The third-order valence-corrected chi connectivity index (χ3v) is 3.05. The Morgan fingerprint density at radius 2 is 2.00 bits per heavy atom. The summed E-state index contributed by atoms with van der Waals surface area (Å²) in [6.45, 7) is 1.79. The SMILES string of the molecule is CCOC(=O)COc1ccccc1/C=N\NC(=O)c1cccc(O)c1. The average molecular weight is 342 g/mol. The van der Waals surface area contributed by atoms with Crippen LogP contribution in [0.3, 0.4) is 0 Å². The summed E-state index contributed by atoms with van der Waals surface area (Å²) < 4.78 is 10.2. The quantitative estimate of drug-likeness (QED) is 0.456. The summed E-state index contributed by atoms with van der Waals surface area (Å²) in [7, 11) is 0. The number of hydrogen-bond acceptors (Lipinski definition) is 6. The van der Waals surface area contributed by atoms with E-state index in [0.29, 0.717) is 11.3 Å². The molecule has 0 aromatic heterocycles. The van der Waals surface area contributed by atoms with Gasteiger partial charge in [-0.25, -0.2) is 10.2 Å². The Hall–Kier alpha value is -3.35. The molecule has 2 N–H and O–H groups in total. The van der Waals surface area contributed by atoms with Crippen molar-refractivity contribution in [2.45, 2.75) is 6.92 Å². The monoisotopic (exact) mass is 342 g/mol. The van der Waals surface area contributed by atoms with E-state index in [-0.39, 0.29) is 24.5 Å². The number of phenols is 1. The Bertz CT molecular complexity index is 774. The van der Waals surface area contributed by atoms with E-state index < -0.39 is 11.9 Å². The Kier molecular flexibility index (Phi) is 6.53. The number of ether oxygens (including phenoxy) is 2. The minimum atomic E-state index is -0.466. The zero-order chi connectivity index (χ0) is 18.1. The fourth-order valence-corrected chi connectivity index (χ4v) is 1.93. The zero-order valence-electron chi connectivity index (χ0n) is 13.6. The van der Waals surface area contributed by atoms with Crippen molar-refractivity contribution in [2.75, 3.05) is 13.2 Å². The molecule has 25 heavy (non-hydrogen) atoms. The van der Waals surface area contributed by atoms with E-state index in [1.54, 1.807) is 43.3 Å². The van der Waals surface area contributed by atoms with Crippen LogP contribution in [0.1, 0.15) is 22.8 Å². The Morgan fingerprint density at radius 3 is 2.76 bits per heavy atom. The second-order valence-electron chi connectivity index (χ2n) is 4.88. The molecule has 0 fully saturated rings. The largest absolute Gasteiger partial charge is 0.508 e. The van der Waals surface area contributed by atoms with Gasteiger partial charge >= 0.3 is 5.97 Å². The molecular formula is C18H18N2O5. The van der Waals surface area contributed by atoms with Gasteiger partial charge in [0.1, 0.15) is 11.5 Å². The van der Waals surface area contributed by atoms with E-state index in [4.69, 9.17) is 9.47 Å². The number of nitrogens with zero attached hydrogens (tertiary/aromatic N) is 1. The van der Waals surface area contributed by atoms with E-state index in [1.165, 1.54) is 18.3 Å². The minimum Gasteiger partial charge on any atom is -0.508 e. The van der Waals surface area contributed by atoms with Gasteiger partial charge in [-0.1, -0.05) is 18.2 Å². The molecule has 0 unspecified atom stereocenters. The maximum atomic E-state index is 11.9. The van der Waals surface area contributed by atoms with Crippen LogP contribution < -0.4 is 10.2 Å². The second kappa shape index (κ2) is 9.07. The predicted octanol–water partition coefficient (Wildman–Crippen LogP) is 2.10. The number of benzene rings is 2. The normalized spacial score (nSPS) is 10.4. The first-order valence-corrected chi connectivity index (χ1v) is 7.60. The predicted molar refractivity (Wildman–Crippen MR) is 91.7 cm³/mol. The lowest BCUT2D eigenvalue weighted by Crippen LogP contribution is -2.18. The molecule has 0 saturated carbocycles. The summed E-state index contributed by atoms with van der Waals surface area (Å²) in [5.74, 6) is -0.497. The molecule has 0 radical (unpaired) electrons. The Balaban J connectivity index is 1.98. The third kappa shape index (κ3) is 5.65. The fourth-order valence-electron chi connectivity index (χ4n) is 1.93. The van der Waals surface area contributed by atoms with Crippen LogP contribution in [0.15, 0.2) is 53.6 Å². The summed E-state index contributed by atoms with van der Waals surface area (Å²) in [4.78, 5) is 23.3. The van der Waals surface area contributed by atoms with Gasteiger partial charge < -0.3 is 14.6 Å². The highest BCUT2D eigenvalue weighted by molar-refractivity contribution is 5.95. The molecule has 0 heterocycles. The first-order valence-electron chi connectivity index (χ1n) is 7.60. The van der Waals surface area contributed by atoms with E-state index in [2.05, 4.69) is 10.5 Å². The number of aromatic hydroxyl groups is 1. The summed E-state index contributed by atoms with van der Waals surface area (Å²) in [5, 5.41) is 13.2. The van der Waals surface area contributed by atoms with Crippen LogP contribution in [-0.2, 0) is 9.53 Å². The maximum absolute atomic E-state index is 11.9. The summed E-state index contributed by atoms with van der Waals surface area (Å²) >= 11 is 0. The highest BCUT2D eigenvalue weighted by Crippen LogP contribution is 2.16. The number of carbonyl (C=O) groups is 2. The van der Waals surface area contributed by atoms with Crippen LogP contribution in [0.5, 0.6) is 11.5 Å². The van der Waals surface area contributed by atoms with E-state index in [1.807, 2.05) is 0 Å². The van der Waals surface area contributed by atoms with Crippen molar-refractivity contribution in [2.24, 2.45) is 5.10 Å². The van der Waals surface area contributed by atoms with E-state index in [0.717, 1.165) is 0 Å². The van der Waals surface area contributed by atoms with Gasteiger partial charge in [-0.2, -0.15) is 5.10 Å². The number of amides is 1. The number of hydrogen-bond donors (Lipinski definition) is 2. The molecule has 130 valence electrons. The minimum absolute atomic E-state index is 0.00524. The molecule has 0 saturated heterocycles. The molecule has 7 nitrogen and oxygen atoms in total. The van der Waals surface area contributed by atoms with Gasteiger partial charge in [0.05, 0.1) is 12.8 Å². The summed E-state index contributed by atoms with van der Waals surface area (Å²) in [5.41, 5.74) is 3.23. The summed E-state index contributed by atoms with van der Waals surface area (Å²) in [6, 6.07) is 12.9. The van der Waals surface area contributed by atoms with Gasteiger partial charge in [0.15, 0.2) is 6.61 Å². The molecule has 1 amide bonds. The number of carbonyl (C=O) groups excluding carboxylic acids is 2. The second-order valence-corrected chi connectivity index (χ2v) is 4.88. The molecule has 0 atom stereocenters. The highest BCUT2D eigenvalue weighted by atomic mass is 16.6. The lowest BCUT2D eigenvalue weighted by molar-refractivity contribution is -0.145. The molecule has 0 aliphatic carbocycles. The van der Waals surface area contributed by atoms with Gasteiger partial charge in [0.25, 0.3) is 5.91 Å². The van der Waals surface area contributed by atoms with Crippen molar-refractivity contribution < 1.29 is 24.2 Å². The van der Waals surface area contributed by atoms with Gasteiger partial charge in [0, 0.05) is 11.1 Å². The molecule has 0 aliphatic heterocycles. The smallest absolute Gasteiger partial charge is 0.344 e. The Labute approximate surface area is 144 Å². The topological polar surface area (TPSA) is 97.2 Å². The van der Waals surface area contributed by atoms with Crippen LogP contribution in [0.25, 0.3) is 0 Å². The lowest BCUT2D eigenvalue weighted by Gasteiger charge is -2.08. The number of nitrogens with one attached hydrogen (secondary N) is 1. The standard InChI is InChI=1S/C18H18N2O5/c1-2-24-17(22)12-25-16-9-4-3-6-14(16)11-19-20-18(23)13-7-5-8-15(21)10-13/h3-11,21H,2,12H2,1H3,(H,20,23)/b19-11-. The number of rotatable bonds is 7. The molecule has 0 spiro atoms. The van der Waals surface area contributed by atoms with Crippen molar-refractivity contribution >= 4 is 18.1 Å². The number of hydrazone groups is 1. The van der Waals surface area contributed by atoms with Crippen LogP contribution in [0.4, 0.5) is 0 Å². The van der Waals surface area contributed by atoms with Crippen LogP contribution in [0, 0.1) is 0 Å². The number of para-hydroxylation sites is 1. The van der Waals surface area contributed by atoms with Crippen molar-refractivity contribution in [3.8, 4) is 11.5 Å². The third-order valence-electron chi connectivity index (χ3n) is 3.05. The van der Waals surface area contributed by atoms with Gasteiger partial charge in [-0.15, -0.1) is 0 Å². The Morgan fingerprint density at radius 1 is 1.20 bits per heavy atom. The van der Waals surface area contributed by atoms with Gasteiger partial charge in [0.2, 0.25) is 0 Å². The molecule has 0 aliphatic rings. The molecule has 0 bridgehead atoms. The number of phenolic OH excluding ortho intramolecular Hbond substituents is 1. The fraction of sp³-hybridized carbons (Fsp3) is 0.167. The first kappa shape index (κ1) is 18.0. The molecule has 2 rings (SSSR count). The van der Waals surface area contributed by atoms with Gasteiger partial charge in [-0.3, -0.25) is 4.79 Å².